The first kappa shape index (κ1) is 15.7. The summed E-state index contributed by atoms with van der Waals surface area (Å²) in [6.07, 6.45) is 5.37. The van der Waals surface area contributed by atoms with Gasteiger partial charge >= 0.3 is 0 Å². The Bertz CT molecular complexity index is 563. The Labute approximate surface area is 128 Å². The Hall–Kier alpha value is -1.67. The fraction of sp³-hybridized carbons (Fsp3) is 0.421. The van der Waals surface area contributed by atoms with E-state index in [1.54, 1.807) is 0 Å². The maximum Gasteiger partial charge on any atom is 0.0578 e. The van der Waals surface area contributed by atoms with Gasteiger partial charge in [0.15, 0.2) is 0 Å². The number of hydrogen-bond acceptors (Lipinski definition) is 2. The molecule has 1 heterocycles. The fourth-order valence-corrected chi connectivity index (χ4v) is 2.68. The van der Waals surface area contributed by atoms with Crippen LogP contribution in [0.1, 0.15) is 55.1 Å². The molecule has 2 rings (SSSR count). The standard InChI is InChI=1S/C19H26N2/c1-4-7-16-8-6-9-17(14-16)19(21-11-5-2)18-10-12-20-15(3)13-18/h6,8-10,12-14,19,21H,4-5,7,11H2,1-3H3. The van der Waals surface area contributed by atoms with Crippen LogP contribution in [0.2, 0.25) is 0 Å². The van der Waals surface area contributed by atoms with E-state index >= 15 is 0 Å². The SMILES string of the molecule is CCCNC(c1cccc(CCC)c1)c1ccnc(C)c1. The van der Waals surface area contributed by atoms with Crippen LogP contribution in [0, 0.1) is 6.92 Å². The second-order valence-electron chi connectivity index (χ2n) is 5.61. The van der Waals surface area contributed by atoms with E-state index in [0.29, 0.717) is 0 Å². The van der Waals surface area contributed by atoms with Crippen molar-refractivity contribution in [1.82, 2.24) is 10.3 Å². The molecular formula is C19H26N2. The van der Waals surface area contributed by atoms with E-state index in [4.69, 9.17) is 0 Å². The maximum atomic E-state index is 4.32. The summed E-state index contributed by atoms with van der Waals surface area (Å²) in [5.41, 5.74) is 5.13. The normalized spacial score (nSPS) is 12.3. The van der Waals surface area contributed by atoms with Gasteiger partial charge in [0, 0.05) is 11.9 Å². The fourth-order valence-electron chi connectivity index (χ4n) is 2.68. The molecule has 1 atom stereocenters. The zero-order chi connectivity index (χ0) is 15.1. The van der Waals surface area contributed by atoms with Gasteiger partial charge in [-0.05, 0) is 55.1 Å². The van der Waals surface area contributed by atoms with E-state index in [1.165, 1.54) is 23.1 Å². The van der Waals surface area contributed by atoms with Crippen LogP contribution in [-0.4, -0.2) is 11.5 Å². The number of aromatic nitrogens is 1. The van der Waals surface area contributed by atoms with E-state index in [0.717, 1.165) is 25.1 Å². The van der Waals surface area contributed by atoms with Crippen molar-refractivity contribution >= 4 is 0 Å². The van der Waals surface area contributed by atoms with E-state index in [2.05, 4.69) is 60.5 Å². The predicted octanol–water partition coefficient (Wildman–Crippen LogP) is 4.43. The number of benzene rings is 1. The van der Waals surface area contributed by atoms with E-state index < -0.39 is 0 Å². The number of rotatable bonds is 7. The smallest absolute Gasteiger partial charge is 0.0578 e. The topological polar surface area (TPSA) is 24.9 Å². The lowest BCUT2D eigenvalue weighted by molar-refractivity contribution is 0.597. The number of nitrogens with one attached hydrogen (secondary N) is 1. The molecular weight excluding hydrogens is 256 g/mol. The van der Waals surface area contributed by atoms with Gasteiger partial charge in [0.1, 0.15) is 0 Å². The van der Waals surface area contributed by atoms with Gasteiger partial charge in [-0.15, -0.1) is 0 Å². The van der Waals surface area contributed by atoms with Gasteiger partial charge in [0.25, 0.3) is 0 Å². The summed E-state index contributed by atoms with van der Waals surface area (Å²) in [6.45, 7) is 7.50. The Morgan fingerprint density at radius 2 is 1.86 bits per heavy atom. The molecule has 0 aliphatic rings. The summed E-state index contributed by atoms with van der Waals surface area (Å²) in [4.78, 5) is 4.32. The number of nitrogens with zero attached hydrogens (tertiary/aromatic N) is 1. The molecule has 0 radical (unpaired) electrons. The van der Waals surface area contributed by atoms with E-state index in [-0.39, 0.29) is 6.04 Å². The quantitative estimate of drug-likeness (QED) is 0.812. The van der Waals surface area contributed by atoms with Crippen LogP contribution in [0.15, 0.2) is 42.6 Å². The van der Waals surface area contributed by atoms with Crippen LogP contribution in [0.25, 0.3) is 0 Å². The predicted molar refractivity (Wildman–Crippen MR) is 89.5 cm³/mol. The minimum absolute atomic E-state index is 0.253. The second kappa shape index (κ2) is 7.94. The highest BCUT2D eigenvalue weighted by Gasteiger charge is 2.14. The van der Waals surface area contributed by atoms with Crippen molar-refractivity contribution < 1.29 is 0 Å². The first-order chi connectivity index (χ1) is 10.2. The van der Waals surface area contributed by atoms with Gasteiger partial charge in [0.05, 0.1) is 6.04 Å². The number of hydrogen-bond donors (Lipinski definition) is 1. The lowest BCUT2D eigenvalue weighted by atomic mass is 9.96. The third kappa shape index (κ3) is 4.40. The van der Waals surface area contributed by atoms with Crippen LogP contribution in [0.3, 0.4) is 0 Å². The molecule has 0 aliphatic carbocycles. The number of pyridine rings is 1. The average Bonchev–Trinajstić information content (AvgIpc) is 2.49. The third-order valence-electron chi connectivity index (χ3n) is 3.68. The van der Waals surface area contributed by atoms with Gasteiger partial charge in [-0.25, -0.2) is 0 Å². The summed E-state index contributed by atoms with van der Waals surface area (Å²) in [5, 5.41) is 3.67. The third-order valence-corrected chi connectivity index (χ3v) is 3.68. The molecule has 0 amide bonds. The van der Waals surface area contributed by atoms with Crippen LogP contribution >= 0.6 is 0 Å². The van der Waals surface area contributed by atoms with E-state index in [9.17, 15) is 0 Å². The zero-order valence-electron chi connectivity index (χ0n) is 13.4. The Morgan fingerprint density at radius 3 is 2.57 bits per heavy atom. The Morgan fingerprint density at radius 1 is 1.05 bits per heavy atom. The molecule has 0 spiro atoms. The average molecular weight is 282 g/mol. The van der Waals surface area contributed by atoms with Crippen molar-refractivity contribution in [3.63, 3.8) is 0 Å². The minimum atomic E-state index is 0.253. The zero-order valence-corrected chi connectivity index (χ0v) is 13.4. The lowest BCUT2D eigenvalue weighted by Gasteiger charge is -2.20. The molecule has 1 N–H and O–H groups in total. The molecule has 1 aromatic heterocycles. The second-order valence-corrected chi connectivity index (χ2v) is 5.61. The summed E-state index contributed by atoms with van der Waals surface area (Å²) in [6, 6.07) is 13.5. The van der Waals surface area contributed by atoms with Gasteiger partial charge in [0.2, 0.25) is 0 Å². The molecule has 0 saturated heterocycles. The lowest BCUT2D eigenvalue weighted by Crippen LogP contribution is -2.23. The van der Waals surface area contributed by atoms with E-state index in [1.807, 2.05) is 13.1 Å². The minimum Gasteiger partial charge on any atom is -0.306 e. The molecule has 0 aliphatic heterocycles. The first-order valence-corrected chi connectivity index (χ1v) is 7.99. The summed E-state index contributed by atoms with van der Waals surface area (Å²) in [7, 11) is 0. The molecule has 2 heteroatoms. The van der Waals surface area contributed by atoms with Crippen LogP contribution in [0.5, 0.6) is 0 Å². The Balaban J connectivity index is 2.33. The van der Waals surface area contributed by atoms with Gasteiger partial charge in [-0.1, -0.05) is 44.5 Å². The van der Waals surface area contributed by atoms with Gasteiger partial charge in [-0.2, -0.15) is 0 Å². The molecule has 0 saturated carbocycles. The van der Waals surface area contributed by atoms with Crippen molar-refractivity contribution in [1.29, 1.82) is 0 Å². The molecule has 1 unspecified atom stereocenters. The first-order valence-electron chi connectivity index (χ1n) is 7.99. The highest BCUT2D eigenvalue weighted by Crippen LogP contribution is 2.23. The summed E-state index contributed by atoms with van der Waals surface area (Å²) < 4.78 is 0. The van der Waals surface area contributed by atoms with Crippen LogP contribution in [-0.2, 0) is 6.42 Å². The molecule has 2 aromatic rings. The van der Waals surface area contributed by atoms with Crippen LogP contribution < -0.4 is 5.32 Å². The maximum absolute atomic E-state index is 4.32. The van der Waals surface area contributed by atoms with Crippen molar-refractivity contribution in [2.24, 2.45) is 0 Å². The van der Waals surface area contributed by atoms with Crippen LogP contribution in [0.4, 0.5) is 0 Å². The largest absolute Gasteiger partial charge is 0.306 e. The monoisotopic (exact) mass is 282 g/mol. The van der Waals surface area contributed by atoms with Gasteiger partial charge in [-0.3, -0.25) is 4.98 Å². The Kier molecular flexibility index (Phi) is 5.94. The molecule has 0 bridgehead atoms. The molecule has 21 heavy (non-hydrogen) atoms. The number of aryl methyl sites for hydroxylation is 2. The molecule has 2 nitrogen and oxygen atoms in total. The van der Waals surface area contributed by atoms with Crippen molar-refractivity contribution in [2.75, 3.05) is 6.54 Å². The summed E-state index contributed by atoms with van der Waals surface area (Å²) >= 11 is 0. The molecule has 112 valence electrons. The van der Waals surface area contributed by atoms with Crippen molar-refractivity contribution in [2.45, 2.75) is 46.1 Å². The summed E-state index contributed by atoms with van der Waals surface area (Å²) in [5.74, 6) is 0. The van der Waals surface area contributed by atoms with Crippen molar-refractivity contribution in [3.05, 3.63) is 65.0 Å². The highest BCUT2D eigenvalue weighted by atomic mass is 14.9. The van der Waals surface area contributed by atoms with Gasteiger partial charge < -0.3 is 5.32 Å². The highest BCUT2D eigenvalue weighted by molar-refractivity contribution is 5.34. The van der Waals surface area contributed by atoms with Crippen molar-refractivity contribution in [3.8, 4) is 0 Å². The molecule has 1 aromatic carbocycles. The molecule has 0 fully saturated rings.